The third-order valence-electron chi connectivity index (χ3n) is 9.80. The molecule has 0 aliphatic rings. The average molecular weight is 597 g/mol. The van der Waals surface area contributed by atoms with Gasteiger partial charge in [0, 0.05) is 10.8 Å². The smallest absolute Gasteiger partial charge is 0.136 e. The van der Waals surface area contributed by atoms with Crippen LogP contribution in [0.3, 0.4) is 0 Å². The van der Waals surface area contributed by atoms with Gasteiger partial charge in [-0.2, -0.15) is 0 Å². The lowest BCUT2D eigenvalue weighted by Gasteiger charge is -2.20. The Hall–Kier alpha value is -6.18. The van der Waals surface area contributed by atoms with E-state index in [0.717, 1.165) is 11.2 Å². The lowest BCUT2D eigenvalue weighted by atomic mass is 9.83. The number of hydrogen-bond acceptors (Lipinski definition) is 1. The van der Waals surface area contributed by atoms with Gasteiger partial charge in [-0.1, -0.05) is 133 Å². The first-order valence-electron chi connectivity index (χ1n) is 16.2. The highest BCUT2D eigenvalue weighted by molar-refractivity contribution is 6.28. The summed E-state index contributed by atoms with van der Waals surface area (Å²) < 4.78 is 6.35. The van der Waals surface area contributed by atoms with Crippen LogP contribution in [0.2, 0.25) is 0 Å². The Morgan fingerprint density at radius 3 is 1.45 bits per heavy atom. The van der Waals surface area contributed by atoms with Crippen molar-refractivity contribution in [1.29, 1.82) is 0 Å². The molecule has 10 rings (SSSR count). The van der Waals surface area contributed by atoms with E-state index in [1.54, 1.807) is 0 Å². The van der Waals surface area contributed by atoms with Gasteiger partial charge in [0.2, 0.25) is 0 Å². The van der Waals surface area contributed by atoms with Gasteiger partial charge < -0.3 is 4.42 Å². The van der Waals surface area contributed by atoms with E-state index in [-0.39, 0.29) is 0 Å². The second-order valence-corrected chi connectivity index (χ2v) is 12.4. The molecule has 0 bridgehead atoms. The first-order valence-corrected chi connectivity index (χ1v) is 16.2. The summed E-state index contributed by atoms with van der Waals surface area (Å²) in [5.41, 5.74) is 11.7. The van der Waals surface area contributed by atoms with Gasteiger partial charge in [0.15, 0.2) is 0 Å². The molecule has 1 aromatic heterocycles. The van der Waals surface area contributed by atoms with Gasteiger partial charge in [0.25, 0.3) is 0 Å². The number of fused-ring (bicyclic) bond motifs is 2. The van der Waals surface area contributed by atoms with Gasteiger partial charge in [-0.25, -0.2) is 0 Å². The highest BCUT2D eigenvalue weighted by Crippen LogP contribution is 2.48. The fourth-order valence-electron chi connectivity index (χ4n) is 7.76. The fraction of sp³-hybridized carbons (Fsp3) is 0. The monoisotopic (exact) mass is 596 g/mol. The summed E-state index contributed by atoms with van der Waals surface area (Å²) in [6.07, 6.45) is 0. The topological polar surface area (TPSA) is 13.1 Å². The van der Waals surface area contributed by atoms with E-state index in [0.29, 0.717) is 0 Å². The van der Waals surface area contributed by atoms with E-state index in [1.165, 1.54) is 87.6 Å². The summed E-state index contributed by atoms with van der Waals surface area (Å²) in [6, 6.07) is 61.6. The Balaban J connectivity index is 1.31. The third-order valence-corrected chi connectivity index (χ3v) is 9.80. The molecule has 0 aliphatic heterocycles. The lowest BCUT2D eigenvalue weighted by molar-refractivity contribution is 0.669. The molecule has 9 aromatic carbocycles. The van der Waals surface area contributed by atoms with Crippen molar-refractivity contribution in [2.24, 2.45) is 0 Å². The summed E-state index contributed by atoms with van der Waals surface area (Å²) in [4.78, 5) is 0. The average Bonchev–Trinajstić information content (AvgIpc) is 3.53. The molecular weight excluding hydrogens is 569 g/mol. The summed E-state index contributed by atoms with van der Waals surface area (Å²) in [5, 5.41) is 9.83. The van der Waals surface area contributed by atoms with Crippen molar-refractivity contribution in [3.63, 3.8) is 0 Å². The minimum absolute atomic E-state index is 0.937. The van der Waals surface area contributed by atoms with Crippen molar-refractivity contribution < 1.29 is 4.42 Å². The zero-order chi connectivity index (χ0) is 30.9. The normalized spacial score (nSPS) is 11.8. The predicted molar refractivity (Wildman–Crippen MR) is 199 cm³/mol. The van der Waals surface area contributed by atoms with Crippen molar-refractivity contribution in [2.45, 2.75) is 0 Å². The van der Waals surface area contributed by atoms with Crippen LogP contribution in [-0.4, -0.2) is 0 Å². The lowest BCUT2D eigenvalue weighted by Crippen LogP contribution is -1.93. The van der Waals surface area contributed by atoms with Crippen LogP contribution < -0.4 is 0 Å². The van der Waals surface area contributed by atoms with Crippen LogP contribution in [0.5, 0.6) is 0 Å². The van der Waals surface area contributed by atoms with Crippen molar-refractivity contribution in [3.8, 4) is 44.5 Å². The fourth-order valence-corrected chi connectivity index (χ4v) is 7.76. The second kappa shape index (κ2) is 10.2. The number of furan rings is 1. The van der Waals surface area contributed by atoms with Crippen LogP contribution in [-0.2, 0) is 0 Å². The quantitative estimate of drug-likeness (QED) is 0.145. The molecule has 0 fully saturated rings. The first kappa shape index (κ1) is 26.1. The van der Waals surface area contributed by atoms with E-state index in [4.69, 9.17) is 4.42 Å². The van der Waals surface area contributed by atoms with Gasteiger partial charge in [0.05, 0.1) is 0 Å². The predicted octanol–water partition coefficient (Wildman–Crippen LogP) is 13.2. The maximum Gasteiger partial charge on any atom is 0.136 e. The number of hydrogen-bond donors (Lipinski definition) is 0. The van der Waals surface area contributed by atoms with Crippen LogP contribution in [0.4, 0.5) is 0 Å². The van der Waals surface area contributed by atoms with Gasteiger partial charge in [-0.05, 0) is 113 Å². The molecular formula is C46H28O. The molecule has 1 heteroatoms. The SMILES string of the molecule is c1ccc(-c2cc(-c3ccccc3)cc(-c3c4ccccc4c(-c4ccc5oc6cccc7ccc4c5c76)c4ccccc34)c2)cc1. The van der Waals surface area contributed by atoms with Crippen LogP contribution in [0.25, 0.3) is 98.8 Å². The number of benzene rings is 9. The third kappa shape index (κ3) is 3.97. The number of rotatable bonds is 4. The molecule has 0 saturated carbocycles. The maximum atomic E-state index is 6.35. The minimum Gasteiger partial charge on any atom is -0.456 e. The molecule has 0 saturated heterocycles. The highest BCUT2D eigenvalue weighted by Gasteiger charge is 2.21. The molecule has 218 valence electrons. The summed E-state index contributed by atoms with van der Waals surface area (Å²) >= 11 is 0. The maximum absolute atomic E-state index is 6.35. The Kier molecular flexibility index (Phi) is 5.64. The van der Waals surface area contributed by atoms with Crippen LogP contribution in [0.15, 0.2) is 174 Å². The van der Waals surface area contributed by atoms with E-state index >= 15 is 0 Å². The van der Waals surface area contributed by atoms with E-state index in [2.05, 4.69) is 170 Å². The van der Waals surface area contributed by atoms with Crippen molar-refractivity contribution >= 4 is 54.3 Å². The molecule has 0 unspecified atom stereocenters. The molecule has 1 heterocycles. The van der Waals surface area contributed by atoms with Crippen molar-refractivity contribution in [1.82, 2.24) is 0 Å². The van der Waals surface area contributed by atoms with Crippen LogP contribution in [0.1, 0.15) is 0 Å². The van der Waals surface area contributed by atoms with Crippen molar-refractivity contribution in [3.05, 3.63) is 170 Å². The van der Waals surface area contributed by atoms with Gasteiger partial charge >= 0.3 is 0 Å². The Morgan fingerprint density at radius 1 is 0.298 bits per heavy atom. The molecule has 0 atom stereocenters. The molecule has 47 heavy (non-hydrogen) atoms. The Labute approximate surface area is 272 Å². The van der Waals surface area contributed by atoms with Crippen LogP contribution >= 0.6 is 0 Å². The standard InChI is InChI=1S/C46H28O/c1-3-12-29(13-4-1)32-26-33(30-14-5-2-6-15-30)28-34(27-32)43-35-17-7-9-19-37(35)45(38-20-10-8-18-36(38)43)39-24-25-42-46-40(39)23-22-31-16-11-21-41(47-42)44(31)46/h1-28H. The zero-order valence-corrected chi connectivity index (χ0v) is 25.6. The molecule has 0 aliphatic carbocycles. The summed E-state index contributed by atoms with van der Waals surface area (Å²) in [7, 11) is 0. The van der Waals surface area contributed by atoms with Gasteiger partial charge in [0.1, 0.15) is 11.2 Å². The molecule has 0 spiro atoms. The Bertz CT molecular complexity index is 2650. The molecule has 1 nitrogen and oxygen atoms in total. The zero-order valence-electron chi connectivity index (χ0n) is 25.6. The summed E-state index contributed by atoms with van der Waals surface area (Å²) in [6.45, 7) is 0. The molecule has 0 amide bonds. The molecule has 10 aromatic rings. The van der Waals surface area contributed by atoms with E-state index in [1.807, 2.05) is 0 Å². The molecule has 0 N–H and O–H groups in total. The van der Waals surface area contributed by atoms with Crippen LogP contribution in [0, 0.1) is 0 Å². The molecule has 0 radical (unpaired) electrons. The minimum atomic E-state index is 0.937. The van der Waals surface area contributed by atoms with Crippen molar-refractivity contribution in [2.75, 3.05) is 0 Å². The summed E-state index contributed by atoms with van der Waals surface area (Å²) in [5.74, 6) is 0. The van der Waals surface area contributed by atoms with E-state index in [9.17, 15) is 0 Å². The largest absolute Gasteiger partial charge is 0.456 e. The highest BCUT2D eigenvalue weighted by atomic mass is 16.3. The Morgan fingerprint density at radius 2 is 0.830 bits per heavy atom. The van der Waals surface area contributed by atoms with E-state index < -0.39 is 0 Å². The first-order chi connectivity index (χ1) is 23.3. The second-order valence-electron chi connectivity index (χ2n) is 12.4. The van der Waals surface area contributed by atoms with Gasteiger partial charge in [-0.15, -0.1) is 0 Å². The van der Waals surface area contributed by atoms with Gasteiger partial charge in [-0.3, -0.25) is 0 Å².